The molecule has 0 aliphatic carbocycles. The van der Waals surface area contributed by atoms with E-state index in [1.54, 1.807) is 6.92 Å². The SMILES string of the molecule is Cc1ccc(Cl)c(C(C)O)c1C. The molecule has 0 heterocycles. The standard InChI is InChI=1S/C10H13ClO/c1-6-4-5-9(11)10(7(6)2)8(3)12/h4-5,8,12H,1-3H3. The smallest absolute Gasteiger partial charge is 0.0779 e. The summed E-state index contributed by atoms with van der Waals surface area (Å²) in [6.07, 6.45) is -0.489. The first-order valence-electron chi connectivity index (χ1n) is 3.97. The van der Waals surface area contributed by atoms with E-state index in [-0.39, 0.29) is 0 Å². The van der Waals surface area contributed by atoms with E-state index in [1.807, 2.05) is 26.0 Å². The van der Waals surface area contributed by atoms with Crippen molar-refractivity contribution in [1.82, 2.24) is 0 Å². The molecule has 0 aromatic heterocycles. The topological polar surface area (TPSA) is 20.2 Å². The van der Waals surface area contributed by atoms with Crippen LogP contribution in [0.1, 0.15) is 29.7 Å². The van der Waals surface area contributed by atoms with Crippen LogP contribution in [0.2, 0.25) is 5.02 Å². The fourth-order valence-corrected chi connectivity index (χ4v) is 1.68. The maximum absolute atomic E-state index is 9.43. The quantitative estimate of drug-likeness (QED) is 0.712. The minimum Gasteiger partial charge on any atom is -0.389 e. The molecule has 0 aliphatic rings. The van der Waals surface area contributed by atoms with Crippen LogP contribution in [0.3, 0.4) is 0 Å². The fraction of sp³-hybridized carbons (Fsp3) is 0.400. The molecule has 0 spiro atoms. The molecule has 1 nitrogen and oxygen atoms in total. The van der Waals surface area contributed by atoms with Crippen LogP contribution >= 0.6 is 11.6 Å². The van der Waals surface area contributed by atoms with Crippen LogP contribution in [0.25, 0.3) is 0 Å². The maximum Gasteiger partial charge on any atom is 0.0779 e. The zero-order chi connectivity index (χ0) is 9.30. The van der Waals surface area contributed by atoms with Gasteiger partial charge in [-0.2, -0.15) is 0 Å². The second kappa shape index (κ2) is 3.46. The summed E-state index contributed by atoms with van der Waals surface area (Å²) in [5.41, 5.74) is 3.09. The summed E-state index contributed by atoms with van der Waals surface area (Å²) in [4.78, 5) is 0. The molecule has 1 aromatic rings. The van der Waals surface area contributed by atoms with Crippen LogP contribution in [-0.2, 0) is 0 Å². The van der Waals surface area contributed by atoms with Gasteiger partial charge in [-0.05, 0) is 38.0 Å². The molecule has 0 amide bonds. The van der Waals surface area contributed by atoms with Crippen molar-refractivity contribution in [2.45, 2.75) is 26.9 Å². The van der Waals surface area contributed by atoms with E-state index in [9.17, 15) is 5.11 Å². The van der Waals surface area contributed by atoms with Crippen molar-refractivity contribution in [3.8, 4) is 0 Å². The minimum atomic E-state index is -0.489. The van der Waals surface area contributed by atoms with Gasteiger partial charge < -0.3 is 5.11 Å². The van der Waals surface area contributed by atoms with Gasteiger partial charge in [0, 0.05) is 10.6 Å². The molecule has 0 fully saturated rings. The van der Waals surface area contributed by atoms with Crippen LogP contribution in [0.5, 0.6) is 0 Å². The van der Waals surface area contributed by atoms with E-state index >= 15 is 0 Å². The molecule has 66 valence electrons. The molecule has 1 N–H and O–H groups in total. The lowest BCUT2D eigenvalue weighted by molar-refractivity contribution is 0.198. The Balaban J connectivity index is 3.33. The zero-order valence-corrected chi connectivity index (χ0v) is 8.31. The Bertz CT molecular complexity index is 292. The Morgan fingerprint density at radius 1 is 1.33 bits per heavy atom. The number of benzene rings is 1. The lowest BCUT2D eigenvalue weighted by atomic mass is 10.00. The van der Waals surface area contributed by atoms with Crippen LogP contribution < -0.4 is 0 Å². The van der Waals surface area contributed by atoms with Gasteiger partial charge in [0.15, 0.2) is 0 Å². The van der Waals surface area contributed by atoms with Crippen molar-refractivity contribution < 1.29 is 5.11 Å². The van der Waals surface area contributed by atoms with E-state index in [4.69, 9.17) is 11.6 Å². The molecular weight excluding hydrogens is 172 g/mol. The third-order valence-corrected chi connectivity index (χ3v) is 2.48. The van der Waals surface area contributed by atoms with Gasteiger partial charge in [0.2, 0.25) is 0 Å². The highest BCUT2D eigenvalue weighted by molar-refractivity contribution is 6.31. The third-order valence-electron chi connectivity index (χ3n) is 2.15. The Hall–Kier alpha value is -0.530. The molecule has 0 bridgehead atoms. The number of rotatable bonds is 1. The molecule has 1 atom stereocenters. The molecule has 2 heteroatoms. The second-order valence-corrected chi connectivity index (χ2v) is 3.49. The summed E-state index contributed by atoms with van der Waals surface area (Å²) in [7, 11) is 0. The van der Waals surface area contributed by atoms with Crippen molar-refractivity contribution in [2.24, 2.45) is 0 Å². The molecule has 12 heavy (non-hydrogen) atoms. The molecule has 1 unspecified atom stereocenters. The van der Waals surface area contributed by atoms with Gasteiger partial charge in [-0.3, -0.25) is 0 Å². The lowest BCUT2D eigenvalue weighted by Crippen LogP contribution is -1.98. The highest BCUT2D eigenvalue weighted by Crippen LogP contribution is 2.27. The molecule has 0 saturated carbocycles. The summed E-state index contributed by atoms with van der Waals surface area (Å²) in [6.45, 7) is 5.72. The number of aliphatic hydroxyl groups is 1. The summed E-state index contributed by atoms with van der Waals surface area (Å²) < 4.78 is 0. The van der Waals surface area contributed by atoms with Crippen LogP contribution in [0.4, 0.5) is 0 Å². The predicted octanol–water partition coefficient (Wildman–Crippen LogP) is 3.01. The number of hydrogen-bond donors (Lipinski definition) is 1. The van der Waals surface area contributed by atoms with Gasteiger partial charge >= 0.3 is 0 Å². The Kier molecular flexibility index (Phi) is 2.76. The molecule has 0 radical (unpaired) electrons. The predicted molar refractivity (Wildman–Crippen MR) is 51.6 cm³/mol. The molecule has 1 rings (SSSR count). The number of aliphatic hydroxyl groups excluding tert-OH is 1. The van der Waals surface area contributed by atoms with Crippen molar-refractivity contribution in [3.05, 3.63) is 33.8 Å². The largest absolute Gasteiger partial charge is 0.389 e. The highest BCUT2D eigenvalue weighted by Gasteiger charge is 2.10. The monoisotopic (exact) mass is 184 g/mol. The first-order valence-corrected chi connectivity index (χ1v) is 4.35. The normalized spacial score (nSPS) is 13.1. The molecule has 0 saturated heterocycles. The minimum absolute atomic E-state index is 0.489. The van der Waals surface area contributed by atoms with Crippen molar-refractivity contribution in [2.75, 3.05) is 0 Å². The number of hydrogen-bond acceptors (Lipinski definition) is 1. The lowest BCUT2D eigenvalue weighted by Gasteiger charge is -2.12. The van der Waals surface area contributed by atoms with Gasteiger partial charge in [-0.1, -0.05) is 17.7 Å². The Morgan fingerprint density at radius 3 is 2.33 bits per heavy atom. The summed E-state index contributed by atoms with van der Waals surface area (Å²) >= 11 is 5.94. The summed E-state index contributed by atoms with van der Waals surface area (Å²) in [5.74, 6) is 0. The van der Waals surface area contributed by atoms with E-state index in [2.05, 4.69) is 0 Å². The average molecular weight is 185 g/mol. The average Bonchev–Trinajstić information content (AvgIpc) is 1.97. The van der Waals surface area contributed by atoms with Crippen LogP contribution in [-0.4, -0.2) is 5.11 Å². The fourth-order valence-electron chi connectivity index (χ4n) is 1.32. The van der Waals surface area contributed by atoms with Gasteiger partial charge in [0.05, 0.1) is 6.10 Å². The Labute approximate surface area is 78.0 Å². The second-order valence-electron chi connectivity index (χ2n) is 3.08. The van der Waals surface area contributed by atoms with Crippen molar-refractivity contribution >= 4 is 11.6 Å². The van der Waals surface area contributed by atoms with E-state index in [1.165, 1.54) is 0 Å². The molecule has 1 aromatic carbocycles. The highest BCUT2D eigenvalue weighted by atomic mass is 35.5. The van der Waals surface area contributed by atoms with Crippen molar-refractivity contribution in [1.29, 1.82) is 0 Å². The Morgan fingerprint density at radius 2 is 1.92 bits per heavy atom. The third kappa shape index (κ3) is 1.62. The summed E-state index contributed by atoms with van der Waals surface area (Å²) in [6, 6.07) is 3.79. The van der Waals surface area contributed by atoms with E-state index in [0.29, 0.717) is 5.02 Å². The van der Waals surface area contributed by atoms with Crippen LogP contribution in [0, 0.1) is 13.8 Å². The zero-order valence-electron chi connectivity index (χ0n) is 7.56. The van der Waals surface area contributed by atoms with Crippen LogP contribution in [0.15, 0.2) is 12.1 Å². The molecule has 0 aliphatic heterocycles. The first-order chi connectivity index (χ1) is 5.54. The van der Waals surface area contributed by atoms with Gasteiger partial charge in [0.25, 0.3) is 0 Å². The van der Waals surface area contributed by atoms with Gasteiger partial charge in [-0.25, -0.2) is 0 Å². The van der Waals surface area contributed by atoms with E-state index in [0.717, 1.165) is 16.7 Å². The van der Waals surface area contributed by atoms with E-state index < -0.39 is 6.10 Å². The summed E-state index contributed by atoms with van der Waals surface area (Å²) in [5, 5.41) is 10.1. The number of aryl methyl sites for hydroxylation is 1. The molecular formula is C10H13ClO. The van der Waals surface area contributed by atoms with Gasteiger partial charge in [0.1, 0.15) is 0 Å². The number of halogens is 1. The van der Waals surface area contributed by atoms with Crippen molar-refractivity contribution in [3.63, 3.8) is 0 Å². The maximum atomic E-state index is 9.43. The van der Waals surface area contributed by atoms with Gasteiger partial charge in [-0.15, -0.1) is 0 Å². The first kappa shape index (κ1) is 9.56.